The zero-order valence-electron chi connectivity index (χ0n) is 10.1. The molecule has 0 fully saturated rings. The molecule has 1 aromatic rings. The van der Waals surface area contributed by atoms with Crippen LogP contribution in [0.15, 0.2) is 12.1 Å². The Hall–Kier alpha value is -1.88. The predicted molar refractivity (Wildman–Crippen MR) is 62.8 cm³/mol. The third-order valence-corrected chi connectivity index (χ3v) is 3.27. The average molecular weight is 250 g/mol. The highest BCUT2D eigenvalue weighted by Gasteiger charge is 2.45. The highest BCUT2D eigenvalue weighted by molar-refractivity contribution is 6.05. The van der Waals surface area contributed by atoms with E-state index in [0.29, 0.717) is 0 Å². The highest BCUT2D eigenvalue weighted by atomic mass is 16.3. The van der Waals surface area contributed by atoms with Crippen molar-refractivity contribution >= 4 is 11.6 Å². The molecule has 0 spiro atoms. The fourth-order valence-corrected chi connectivity index (χ4v) is 2.67. The second kappa shape index (κ2) is 3.81. The molecular weight excluding hydrogens is 236 g/mol. The van der Waals surface area contributed by atoms with Crippen LogP contribution in [0.5, 0.6) is 11.5 Å². The molecule has 1 aliphatic rings. The first-order valence-corrected chi connectivity index (χ1v) is 5.56. The van der Waals surface area contributed by atoms with Gasteiger partial charge in [-0.15, -0.1) is 0 Å². The fraction of sp³-hybridized carbons (Fsp3) is 0.385. The zero-order chi connectivity index (χ0) is 13.7. The normalized spacial score (nSPS) is 26.8. The number of benzene rings is 1. The van der Waals surface area contributed by atoms with Crippen molar-refractivity contribution in [2.75, 3.05) is 0 Å². The van der Waals surface area contributed by atoms with Crippen LogP contribution in [-0.2, 0) is 4.79 Å². The van der Waals surface area contributed by atoms with Gasteiger partial charge < -0.3 is 15.3 Å². The molecule has 3 N–H and O–H groups in total. The second-order valence-electron chi connectivity index (χ2n) is 4.93. The maximum atomic E-state index is 11.9. The molecule has 0 unspecified atom stereocenters. The molecule has 0 saturated carbocycles. The molecule has 0 aromatic heterocycles. The maximum Gasteiger partial charge on any atom is 0.169 e. The Labute approximate surface area is 104 Å². The van der Waals surface area contributed by atoms with Crippen LogP contribution < -0.4 is 0 Å². The number of aliphatic hydroxyl groups is 1. The summed E-state index contributed by atoms with van der Waals surface area (Å²) in [5.74, 6) is -2.30. The number of hydrogen-bond acceptors (Lipinski definition) is 5. The summed E-state index contributed by atoms with van der Waals surface area (Å²) < 4.78 is 0. The van der Waals surface area contributed by atoms with Crippen molar-refractivity contribution < 1.29 is 24.9 Å². The van der Waals surface area contributed by atoms with Crippen LogP contribution in [0.25, 0.3) is 0 Å². The number of Topliss-reactive ketones (excluding diaryl/α,β-unsaturated/α-hetero) is 2. The van der Waals surface area contributed by atoms with Gasteiger partial charge >= 0.3 is 0 Å². The number of phenols is 2. The smallest absolute Gasteiger partial charge is 0.169 e. The van der Waals surface area contributed by atoms with Crippen LogP contribution in [0.3, 0.4) is 0 Å². The van der Waals surface area contributed by atoms with Gasteiger partial charge in [-0.25, -0.2) is 0 Å². The topological polar surface area (TPSA) is 94.8 Å². The zero-order valence-corrected chi connectivity index (χ0v) is 10.1. The Morgan fingerprint density at radius 1 is 1.39 bits per heavy atom. The lowest BCUT2D eigenvalue weighted by molar-refractivity contribution is -0.124. The van der Waals surface area contributed by atoms with E-state index < -0.39 is 17.3 Å². The molecule has 0 amide bonds. The minimum atomic E-state index is -1.50. The minimum Gasteiger partial charge on any atom is -0.508 e. The van der Waals surface area contributed by atoms with Crippen LogP contribution >= 0.6 is 0 Å². The number of aromatic hydroxyl groups is 2. The molecule has 0 heterocycles. The van der Waals surface area contributed by atoms with Gasteiger partial charge in [-0.05, 0) is 25.5 Å². The van der Waals surface area contributed by atoms with Crippen LogP contribution in [0.4, 0.5) is 0 Å². The molecular formula is C13H14O5. The van der Waals surface area contributed by atoms with E-state index in [2.05, 4.69) is 0 Å². The summed E-state index contributed by atoms with van der Waals surface area (Å²) in [7, 11) is 0. The van der Waals surface area contributed by atoms with Crippen LogP contribution in [0.2, 0.25) is 0 Å². The first-order valence-electron chi connectivity index (χ1n) is 5.56. The summed E-state index contributed by atoms with van der Waals surface area (Å²) in [5, 5.41) is 29.4. The Morgan fingerprint density at radius 3 is 2.56 bits per heavy atom. The van der Waals surface area contributed by atoms with Crippen molar-refractivity contribution in [1.29, 1.82) is 0 Å². The summed E-state index contributed by atoms with van der Waals surface area (Å²) in [4.78, 5) is 23.6. The summed E-state index contributed by atoms with van der Waals surface area (Å²) in [6, 6.07) is 2.29. The van der Waals surface area contributed by atoms with E-state index in [9.17, 15) is 24.9 Å². The lowest BCUT2D eigenvalue weighted by Gasteiger charge is -2.36. The van der Waals surface area contributed by atoms with E-state index in [-0.39, 0.29) is 34.8 Å². The van der Waals surface area contributed by atoms with Crippen molar-refractivity contribution in [3.63, 3.8) is 0 Å². The van der Waals surface area contributed by atoms with E-state index in [0.717, 1.165) is 6.07 Å². The molecule has 96 valence electrons. The molecule has 0 saturated heterocycles. The van der Waals surface area contributed by atoms with Gasteiger partial charge in [0.2, 0.25) is 0 Å². The van der Waals surface area contributed by atoms with Gasteiger partial charge in [0.15, 0.2) is 5.78 Å². The van der Waals surface area contributed by atoms with E-state index in [1.807, 2.05) is 0 Å². The first kappa shape index (κ1) is 12.6. The lowest BCUT2D eigenvalue weighted by atomic mass is 9.70. The van der Waals surface area contributed by atoms with Crippen molar-refractivity contribution in [1.82, 2.24) is 0 Å². The molecule has 2 rings (SSSR count). The number of carbonyl (C=O) groups excluding carboxylic acids is 2. The number of carbonyl (C=O) groups is 2. The van der Waals surface area contributed by atoms with Gasteiger partial charge in [-0.2, -0.15) is 0 Å². The number of ketones is 2. The van der Waals surface area contributed by atoms with Gasteiger partial charge in [-0.3, -0.25) is 9.59 Å². The summed E-state index contributed by atoms with van der Waals surface area (Å²) in [6.07, 6.45) is -0.234. The largest absolute Gasteiger partial charge is 0.508 e. The molecule has 5 heteroatoms. The summed E-state index contributed by atoms with van der Waals surface area (Å²) in [6.45, 7) is 2.71. The molecule has 18 heavy (non-hydrogen) atoms. The molecule has 5 nitrogen and oxygen atoms in total. The van der Waals surface area contributed by atoms with Gasteiger partial charge in [0.1, 0.15) is 17.3 Å². The average Bonchev–Trinajstić information content (AvgIpc) is 2.11. The number of hydrogen-bond donors (Lipinski definition) is 3. The Kier molecular flexibility index (Phi) is 2.66. The number of phenolic OH excluding ortho intramolecular Hbond substituents is 2. The molecule has 1 aromatic carbocycles. The van der Waals surface area contributed by atoms with Gasteiger partial charge in [0.05, 0.1) is 17.1 Å². The van der Waals surface area contributed by atoms with Crippen molar-refractivity contribution in [2.45, 2.75) is 31.8 Å². The third-order valence-electron chi connectivity index (χ3n) is 3.27. The van der Waals surface area contributed by atoms with E-state index in [1.54, 1.807) is 0 Å². The van der Waals surface area contributed by atoms with Crippen LogP contribution in [0.1, 0.15) is 42.1 Å². The molecule has 0 radical (unpaired) electrons. The monoisotopic (exact) mass is 250 g/mol. The highest BCUT2D eigenvalue weighted by Crippen LogP contribution is 2.44. The number of fused-ring (bicyclic) bond motifs is 1. The predicted octanol–water partition coefficient (Wildman–Crippen LogP) is 1.11. The van der Waals surface area contributed by atoms with Crippen molar-refractivity contribution in [3.8, 4) is 11.5 Å². The SMILES string of the molecule is CC(=O)[C@H]1c2cc(O)cc(O)c2C(=O)C[C@]1(C)O. The second-order valence-corrected chi connectivity index (χ2v) is 4.93. The van der Waals surface area contributed by atoms with Crippen LogP contribution in [-0.4, -0.2) is 32.5 Å². The number of rotatable bonds is 1. The summed E-state index contributed by atoms with van der Waals surface area (Å²) in [5.41, 5.74) is -1.31. The van der Waals surface area contributed by atoms with Crippen molar-refractivity contribution in [2.24, 2.45) is 0 Å². The van der Waals surface area contributed by atoms with Gasteiger partial charge in [0.25, 0.3) is 0 Å². The quantitative estimate of drug-likeness (QED) is 0.694. The third kappa shape index (κ3) is 1.76. The Morgan fingerprint density at radius 2 is 2.00 bits per heavy atom. The lowest BCUT2D eigenvalue weighted by Crippen LogP contribution is -2.43. The Bertz CT molecular complexity index is 545. The van der Waals surface area contributed by atoms with Crippen molar-refractivity contribution in [3.05, 3.63) is 23.3 Å². The van der Waals surface area contributed by atoms with Gasteiger partial charge in [0, 0.05) is 12.5 Å². The maximum absolute atomic E-state index is 11.9. The molecule has 0 aliphatic heterocycles. The van der Waals surface area contributed by atoms with Crippen LogP contribution in [0, 0.1) is 0 Å². The molecule has 1 aliphatic carbocycles. The molecule has 0 bridgehead atoms. The van der Waals surface area contributed by atoms with E-state index >= 15 is 0 Å². The Balaban J connectivity index is 2.75. The first-order chi connectivity index (χ1) is 8.24. The molecule has 2 atom stereocenters. The minimum absolute atomic E-state index is 0.0134. The summed E-state index contributed by atoms with van der Waals surface area (Å²) >= 11 is 0. The van der Waals surface area contributed by atoms with Gasteiger partial charge in [-0.1, -0.05) is 0 Å². The van der Waals surface area contributed by atoms with E-state index in [1.165, 1.54) is 19.9 Å². The van der Waals surface area contributed by atoms with E-state index in [4.69, 9.17) is 0 Å². The standard InChI is InChI=1S/C13H14O5/c1-6(14)12-8-3-7(15)4-9(16)11(8)10(17)5-13(12,2)18/h3-4,12,15-16,18H,5H2,1-2H3/t12-,13-/m0/s1. The fourth-order valence-electron chi connectivity index (χ4n) is 2.67.